The molecule has 0 saturated heterocycles. The van der Waals surface area contributed by atoms with Crippen molar-refractivity contribution < 1.29 is 0 Å². The number of fused-ring (bicyclic) bond motifs is 2. The highest BCUT2D eigenvalue weighted by molar-refractivity contribution is 6.17. The highest BCUT2D eigenvalue weighted by Gasteiger charge is 2.21. The molecule has 21 heavy (non-hydrogen) atoms. The van der Waals surface area contributed by atoms with Crippen LogP contribution in [0.4, 0.5) is 0 Å². The molecule has 1 aliphatic rings. The zero-order valence-electron chi connectivity index (χ0n) is 11.9. The number of benzene rings is 3. The minimum atomic E-state index is 0.343. The van der Waals surface area contributed by atoms with E-state index >= 15 is 0 Å². The van der Waals surface area contributed by atoms with E-state index in [4.69, 9.17) is 0 Å². The quantitative estimate of drug-likeness (QED) is 0.543. The molecule has 0 fully saturated rings. The zero-order valence-corrected chi connectivity index (χ0v) is 12.9. The van der Waals surface area contributed by atoms with Gasteiger partial charge in [0, 0.05) is 10.2 Å². The number of hydrogen-bond donors (Lipinski definition) is 0. The van der Waals surface area contributed by atoms with Crippen molar-refractivity contribution >= 4 is 27.1 Å². The molecule has 99 valence electrons. The SMILES string of the molecule is CC1=Cc2c(-c3cccc4ccccc34)cccc2C1[Si]. The smallest absolute Gasteiger partial charge is 0.0392 e. The molecule has 1 atom stereocenters. The third kappa shape index (κ3) is 1.89. The standard InChI is InChI=1S/C20H15Si/c1-13-12-19-17(10-5-11-18(19)20(13)21)16-9-4-7-14-6-2-3-8-15(14)16/h2-12,20H,1H3. The minimum absolute atomic E-state index is 0.343. The van der Waals surface area contributed by atoms with E-state index in [1.807, 2.05) is 0 Å². The van der Waals surface area contributed by atoms with Crippen LogP contribution in [0.1, 0.15) is 23.6 Å². The van der Waals surface area contributed by atoms with E-state index in [2.05, 4.69) is 83.9 Å². The van der Waals surface area contributed by atoms with Gasteiger partial charge in [-0.1, -0.05) is 72.3 Å². The van der Waals surface area contributed by atoms with E-state index in [0.717, 1.165) is 0 Å². The maximum absolute atomic E-state index is 3.85. The third-order valence-electron chi connectivity index (χ3n) is 4.36. The molecule has 0 saturated carbocycles. The minimum Gasteiger partial charge on any atom is -0.0688 e. The van der Waals surface area contributed by atoms with E-state index in [1.54, 1.807) is 0 Å². The molecule has 1 aliphatic carbocycles. The maximum Gasteiger partial charge on any atom is 0.0392 e. The molecule has 4 rings (SSSR count). The lowest BCUT2D eigenvalue weighted by Gasteiger charge is -2.13. The van der Waals surface area contributed by atoms with Gasteiger partial charge in [-0.05, 0) is 45.5 Å². The highest BCUT2D eigenvalue weighted by Crippen LogP contribution is 2.40. The average molecular weight is 283 g/mol. The fourth-order valence-corrected chi connectivity index (χ4v) is 3.58. The first kappa shape index (κ1) is 12.6. The van der Waals surface area contributed by atoms with Crippen molar-refractivity contribution in [2.75, 3.05) is 0 Å². The van der Waals surface area contributed by atoms with Crippen LogP contribution in [0, 0.1) is 0 Å². The van der Waals surface area contributed by atoms with Gasteiger partial charge in [-0.25, -0.2) is 0 Å². The van der Waals surface area contributed by atoms with Gasteiger partial charge in [-0.15, -0.1) is 0 Å². The van der Waals surface area contributed by atoms with Crippen LogP contribution in [0.3, 0.4) is 0 Å². The van der Waals surface area contributed by atoms with Gasteiger partial charge in [0.1, 0.15) is 0 Å². The van der Waals surface area contributed by atoms with Crippen LogP contribution in [0.2, 0.25) is 0 Å². The predicted octanol–water partition coefficient (Wildman–Crippen LogP) is 5.13. The summed E-state index contributed by atoms with van der Waals surface area (Å²) in [4.78, 5) is 0. The van der Waals surface area contributed by atoms with Crippen LogP contribution in [0.5, 0.6) is 0 Å². The van der Waals surface area contributed by atoms with Crippen molar-refractivity contribution in [2.24, 2.45) is 0 Å². The van der Waals surface area contributed by atoms with Gasteiger partial charge in [0.05, 0.1) is 0 Å². The summed E-state index contributed by atoms with van der Waals surface area (Å²) in [6.07, 6.45) is 2.31. The van der Waals surface area contributed by atoms with E-state index in [9.17, 15) is 0 Å². The molecule has 0 bridgehead atoms. The molecule has 1 heteroatoms. The topological polar surface area (TPSA) is 0 Å². The lowest BCUT2D eigenvalue weighted by Crippen LogP contribution is -1.96. The Kier molecular flexibility index (Phi) is 2.83. The van der Waals surface area contributed by atoms with Gasteiger partial charge in [0.15, 0.2) is 0 Å². The van der Waals surface area contributed by atoms with Gasteiger partial charge >= 0.3 is 0 Å². The molecule has 0 nitrogen and oxygen atoms in total. The van der Waals surface area contributed by atoms with Gasteiger partial charge in [0.2, 0.25) is 0 Å². The molecule has 0 heterocycles. The molecule has 3 radical (unpaired) electrons. The van der Waals surface area contributed by atoms with E-state index in [1.165, 1.54) is 38.6 Å². The first-order valence-electron chi connectivity index (χ1n) is 7.26. The van der Waals surface area contributed by atoms with E-state index in [-0.39, 0.29) is 0 Å². The largest absolute Gasteiger partial charge is 0.0688 e. The van der Waals surface area contributed by atoms with Crippen LogP contribution in [-0.4, -0.2) is 10.2 Å². The molecule has 0 aliphatic heterocycles. The Morgan fingerprint density at radius 3 is 2.43 bits per heavy atom. The second-order valence-electron chi connectivity index (χ2n) is 5.66. The molecule has 3 aromatic carbocycles. The Morgan fingerprint density at radius 2 is 1.52 bits per heavy atom. The Morgan fingerprint density at radius 1 is 0.810 bits per heavy atom. The Hall–Kier alpha value is -2.12. The van der Waals surface area contributed by atoms with Crippen LogP contribution in [0.15, 0.2) is 66.2 Å². The molecule has 0 amide bonds. The molecule has 0 aromatic heterocycles. The molecular weight excluding hydrogens is 268 g/mol. The van der Waals surface area contributed by atoms with Crippen molar-refractivity contribution in [2.45, 2.75) is 12.5 Å². The fourth-order valence-electron chi connectivity index (χ4n) is 3.25. The Balaban J connectivity index is 2.04. The Bertz CT molecular complexity index is 869. The number of rotatable bonds is 1. The summed E-state index contributed by atoms with van der Waals surface area (Å²) in [6.45, 7) is 2.19. The highest BCUT2D eigenvalue weighted by atomic mass is 28.1. The third-order valence-corrected chi connectivity index (χ3v) is 5.12. The van der Waals surface area contributed by atoms with Gasteiger partial charge in [0.25, 0.3) is 0 Å². The zero-order chi connectivity index (χ0) is 14.4. The molecular formula is C20H15Si. The number of hydrogen-bond acceptors (Lipinski definition) is 0. The lowest BCUT2D eigenvalue weighted by molar-refractivity contribution is 1.14. The van der Waals surface area contributed by atoms with Crippen LogP contribution in [-0.2, 0) is 0 Å². The molecule has 1 unspecified atom stereocenters. The average Bonchev–Trinajstić information content (AvgIpc) is 2.82. The van der Waals surface area contributed by atoms with Gasteiger partial charge in [-0.2, -0.15) is 0 Å². The summed E-state index contributed by atoms with van der Waals surface area (Å²) in [5.74, 6) is 0. The van der Waals surface area contributed by atoms with Crippen molar-refractivity contribution in [1.82, 2.24) is 0 Å². The first-order valence-corrected chi connectivity index (χ1v) is 7.84. The van der Waals surface area contributed by atoms with Crippen LogP contribution in [0.25, 0.3) is 28.0 Å². The molecule has 0 spiro atoms. The summed E-state index contributed by atoms with van der Waals surface area (Å²) in [7, 11) is 3.85. The van der Waals surface area contributed by atoms with E-state index < -0.39 is 0 Å². The summed E-state index contributed by atoms with van der Waals surface area (Å²) < 4.78 is 0. The second kappa shape index (κ2) is 4.71. The van der Waals surface area contributed by atoms with Gasteiger partial charge in [-0.3, -0.25) is 0 Å². The normalized spacial score (nSPS) is 16.9. The summed E-state index contributed by atoms with van der Waals surface area (Å²) in [6, 6.07) is 21.8. The van der Waals surface area contributed by atoms with Crippen molar-refractivity contribution in [3.63, 3.8) is 0 Å². The number of allylic oxidation sites excluding steroid dienone is 1. The first-order chi connectivity index (χ1) is 10.3. The van der Waals surface area contributed by atoms with Crippen LogP contribution < -0.4 is 0 Å². The summed E-state index contributed by atoms with van der Waals surface area (Å²) >= 11 is 0. The maximum atomic E-state index is 3.85. The van der Waals surface area contributed by atoms with Crippen LogP contribution >= 0.6 is 0 Å². The Labute approximate surface area is 128 Å². The van der Waals surface area contributed by atoms with Gasteiger partial charge < -0.3 is 0 Å². The monoisotopic (exact) mass is 283 g/mol. The van der Waals surface area contributed by atoms with Crippen molar-refractivity contribution in [3.05, 3.63) is 77.4 Å². The molecule has 3 aromatic rings. The second-order valence-corrected chi connectivity index (χ2v) is 6.23. The fraction of sp³-hybridized carbons (Fsp3) is 0.100. The molecule has 0 N–H and O–H groups in total. The van der Waals surface area contributed by atoms with E-state index in [0.29, 0.717) is 5.54 Å². The summed E-state index contributed by atoms with van der Waals surface area (Å²) in [5, 5.41) is 2.61. The lowest BCUT2D eigenvalue weighted by atomic mass is 9.93. The van der Waals surface area contributed by atoms with Crippen molar-refractivity contribution in [1.29, 1.82) is 0 Å². The summed E-state index contributed by atoms with van der Waals surface area (Å²) in [5.41, 5.74) is 7.07. The predicted molar refractivity (Wildman–Crippen MR) is 91.5 cm³/mol. The van der Waals surface area contributed by atoms with Crippen molar-refractivity contribution in [3.8, 4) is 11.1 Å².